The molecule has 20 heavy (non-hydrogen) atoms. The van der Waals surface area contributed by atoms with Gasteiger partial charge in [0.2, 0.25) is 5.91 Å². The fourth-order valence-electron chi connectivity index (χ4n) is 2.03. The Balaban J connectivity index is 2.61. The molecule has 1 rings (SSSR count). The van der Waals surface area contributed by atoms with E-state index in [4.69, 9.17) is 10.2 Å². The van der Waals surface area contributed by atoms with Gasteiger partial charge in [-0.25, -0.2) is 0 Å². The van der Waals surface area contributed by atoms with E-state index in [9.17, 15) is 4.79 Å². The van der Waals surface area contributed by atoms with Crippen molar-refractivity contribution in [1.29, 1.82) is 0 Å². The lowest BCUT2D eigenvalue weighted by Crippen LogP contribution is -2.41. The Morgan fingerprint density at radius 2 is 1.70 bits per heavy atom. The Bertz CT molecular complexity index is 391. The summed E-state index contributed by atoms with van der Waals surface area (Å²) >= 11 is 0. The minimum Gasteiger partial charge on any atom is -0.395 e. The van der Waals surface area contributed by atoms with Gasteiger partial charge in [-0.2, -0.15) is 0 Å². The van der Waals surface area contributed by atoms with Gasteiger partial charge in [-0.1, -0.05) is 30.3 Å². The molecule has 112 valence electrons. The zero-order valence-corrected chi connectivity index (χ0v) is 12.2. The first-order chi connectivity index (χ1) is 9.60. The van der Waals surface area contributed by atoms with Crippen LogP contribution in [0.2, 0.25) is 0 Å². The third kappa shape index (κ3) is 4.92. The molecule has 1 amide bonds. The van der Waals surface area contributed by atoms with Crippen LogP contribution < -0.4 is 0 Å². The van der Waals surface area contributed by atoms with Crippen molar-refractivity contribution in [1.82, 2.24) is 9.80 Å². The summed E-state index contributed by atoms with van der Waals surface area (Å²) in [5.74, 6) is -0.0248. The molecule has 0 heterocycles. The van der Waals surface area contributed by atoms with E-state index in [2.05, 4.69) is 0 Å². The van der Waals surface area contributed by atoms with Gasteiger partial charge in [-0.05, 0) is 12.5 Å². The molecular formula is C15H24N2O3. The summed E-state index contributed by atoms with van der Waals surface area (Å²) in [4.78, 5) is 15.7. The van der Waals surface area contributed by atoms with Crippen LogP contribution in [0, 0.1) is 0 Å². The maximum atomic E-state index is 12.2. The van der Waals surface area contributed by atoms with Crippen molar-refractivity contribution in [3.63, 3.8) is 0 Å². The van der Waals surface area contributed by atoms with E-state index in [0.717, 1.165) is 5.56 Å². The number of hydrogen-bond acceptors (Lipinski definition) is 4. The molecule has 0 spiro atoms. The van der Waals surface area contributed by atoms with Gasteiger partial charge < -0.3 is 15.1 Å². The Kier molecular flexibility index (Phi) is 7.22. The second-order valence-corrected chi connectivity index (χ2v) is 4.81. The first kappa shape index (κ1) is 16.6. The molecule has 0 aromatic heterocycles. The number of benzene rings is 1. The minimum atomic E-state index is -0.0248. The first-order valence-electron chi connectivity index (χ1n) is 6.84. The lowest BCUT2D eigenvalue weighted by molar-refractivity contribution is -0.133. The van der Waals surface area contributed by atoms with E-state index in [1.165, 1.54) is 0 Å². The van der Waals surface area contributed by atoms with Crippen molar-refractivity contribution < 1.29 is 15.0 Å². The van der Waals surface area contributed by atoms with Gasteiger partial charge in [0, 0.05) is 20.1 Å². The van der Waals surface area contributed by atoms with Crippen molar-refractivity contribution in [3.8, 4) is 0 Å². The molecule has 5 nitrogen and oxygen atoms in total. The van der Waals surface area contributed by atoms with Crippen LogP contribution in [0.1, 0.15) is 18.5 Å². The molecule has 5 heteroatoms. The van der Waals surface area contributed by atoms with Crippen molar-refractivity contribution in [2.45, 2.75) is 13.0 Å². The molecule has 0 bridgehead atoms. The van der Waals surface area contributed by atoms with Crippen molar-refractivity contribution in [2.75, 3.05) is 39.9 Å². The quantitative estimate of drug-likeness (QED) is 0.727. The van der Waals surface area contributed by atoms with Crippen LogP contribution in [0.3, 0.4) is 0 Å². The number of aliphatic hydroxyl groups is 2. The van der Waals surface area contributed by atoms with E-state index in [-0.39, 0.29) is 31.7 Å². The molecule has 0 fully saturated rings. The fraction of sp³-hybridized carbons (Fsp3) is 0.533. The molecule has 0 saturated heterocycles. The molecule has 0 saturated carbocycles. The summed E-state index contributed by atoms with van der Waals surface area (Å²) in [6, 6.07) is 9.83. The molecule has 1 aromatic rings. The van der Waals surface area contributed by atoms with E-state index in [1.807, 2.05) is 37.3 Å². The molecule has 0 aliphatic rings. The number of carbonyl (C=O) groups excluding carboxylic acids is 1. The van der Waals surface area contributed by atoms with E-state index >= 15 is 0 Å². The van der Waals surface area contributed by atoms with Gasteiger partial charge in [0.05, 0.1) is 25.8 Å². The lowest BCUT2D eigenvalue weighted by atomic mass is 10.1. The second kappa shape index (κ2) is 8.68. The van der Waals surface area contributed by atoms with E-state index in [1.54, 1.807) is 16.8 Å². The summed E-state index contributed by atoms with van der Waals surface area (Å²) < 4.78 is 0. The standard InChI is InChI=1S/C15H24N2O3/c1-13(14-6-4-3-5-7-14)16(2)15(20)12-17(8-10-18)9-11-19/h3-7,13,18-19H,8-12H2,1-2H3. The molecule has 2 N–H and O–H groups in total. The Morgan fingerprint density at radius 1 is 1.15 bits per heavy atom. The Hall–Kier alpha value is -1.43. The van der Waals surface area contributed by atoms with E-state index < -0.39 is 0 Å². The summed E-state index contributed by atoms with van der Waals surface area (Å²) in [5, 5.41) is 17.9. The zero-order valence-electron chi connectivity index (χ0n) is 12.2. The van der Waals surface area contributed by atoms with Crippen LogP contribution in [-0.4, -0.2) is 65.8 Å². The number of likely N-dealkylation sites (N-methyl/N-ethyl adjacent to an activating group) is 1. The third-order valence-electron chi connectivity index (χ3n) is 3.45. The predicted molar refractivity (Wildman–Crippen MR) is 78.2 cm³/mol. The number of amides is 1. The smallest absolute Gasteiger partial charge is 0.236 e. The van der Waals surface area contributed by atoms with Crippen LogP contribution in [0.5, 0.6) is 0 Å². The zero-order chi connectivity index (χ0) is 15.0. The van der Waals surface area contributed by atoms with Crippen LogP contribution in [0.4, 0.5) is 0 Å². The highest BCUT2D eigenvalue weighted by Gasteiger charge is 2.19. The predicted octanol–water partition coefficient (Wildman–Crippen LogP) is 0.493. The molecule has 1 atom stereocenters. The second-order valence-electron chi connectivity index (χ2n) is 4.81. The number of hydrogen-bond donors (Lipinski definition) is 2. The highest BCUT2D eigenvalue weighted by molar-refractivity contribution is 5.78. The van der Waals surface area contributed by atoms with Crippen LogP contribution in [0.25, 0.3) is 0 Å². The molecule has 0 aliphatic carbocycles. The average Bonchev–Trinajstić information content (AvgIpc) is 2.47. The summed E-state index contributed by atoms with van der Waals surface area (Å²) in [5.41, 5.74) is 1.08. The highest BCUT2D eigenvalue weighted by Crippen LogP contribution is 2.18. The average molecular weight is 280 g/mol. The first-order valence-corrected chi connectivity index (χ1v) is 6.84. The number of nitrogens with zero attached hydrogens (tertiary/aromatic N) is 2. The Labute approximate surface area is 120 Å². The van der Waals surface area contributed by atoms with Crippen molar-refractivity contribution >= 4 is 5.91 Å². The molecule has 0 aliphatic heterocycles. The molecule has 0 radical (unpaired) electrons. The van der Waals surface area contributed by atoms with Gasteiger partial charge in [0.15, 0.2) is 0 Å². The fourth-order valence-corrected chi connectivity index (χ4v) is 2.03. The van der Waals surface area contributed by atoms with Gasteiger partial charge in [0.1, 0.15) is 0 Å². The summed E-state index contributed by atoms with van der Waals surface area (Å²) in [6.45, 7) is 2.92. The largest absolute Gasteiger partial charge is 0.395 e. The monoisotopic (exact) mass is 280 g/mol. The van der Waals surface area contributed by atoms with Crippen LogP contribution in [0.15, 0.2) is 30.3 Å². The number of rotatable bonds is 8. The normalized spacial score (nSPS) is 12.4. The summed E-state index contributed by atoms with van der Waals surface area (Å²) in [7, 11) is 1.77. The van der Waals surface area contributed by atoms with Gasteiger partial charge >= 0.3 is 0 Å². The SMILES string of the molecule is CC(c1ccccc1)N(C)C(=O)CN(CCO)CCO. The van der Waals surface area contributed by atoms with E-state index in [0.29, 0.717) is 13.1 Å². The maximum absolute atomic E-state index is 12.2. The highest BCUT2D eigenvalue weighted by atomic mass is 16.3. The van der Waals surface area contributed by atoms with Gasteiger partial charge in [0.25, 0.3) is 0 Å². The molecule has 1 unspecified atom stereocenters. The lowest BCUT2D eigenvalue weighted by Gasteiger charge is -2.28. The van der Waals surface area contributed by atoms with Crippen molar-refractivity contribution in [3.05, 3.63) is 35.9 Å². The van der Waals surface area contributed by atoms with Crippen LogP contribution in [-0.2, 0) is 4.79 Å². The number of carbonyl (C=O) groups is 1. The number of aliphatic hydroxyl groups excluding tert-OH is 2. The summed E-state index contributed by atoms with van der Waals surface area (Å²) in [6.07, 6.45) is 0. The maximum Gasteiger partial charge on any atom is 0.236 e. The Morgan fingerprint density at radius 3 is 2.20 bits per heavy atom. The van der Waals surface area contributed by atoms with Crippen LogP contribution >= 0.6 is 0 Å². The van der Waals surface area contributed by atoms with Crippen molar-refractivity contribution in [2.24, 2.45) is 0 Å². The van der Waals surface area contributed by atoms with Gasteiger partial charge in [-0.3, -0.25) is 9.69 Å². The minimum absolute atomic E-state index is 0.00574. The molecule has 1 aromatic carbocycles. The molecular weight excluding hydrogens is 256 g/mol. The topological polar surface area (TPSA) is 64.0 Å². The third-order valence-corrected chi connectivity index (χ3v) is 3.45. The van der Waals surface area contributed by atoms with Gasteiger partial charge in [-0.15, -0.1) is 0 Å².